The summed E-state index contributed by atoms with van der Waals surface area (Å²) < 4.78 is 48.2. The summed E-state index contributed by atoms with van der Waals surface area (Å²) in [6, 6.07) is 17.5. The molecule has 202 valence electrons. The van der Waals surface area contributed by atoms with E-state index >= 15 is 0 Å². The molecule has 0 aliphatic heterocycles. The first-order valence-electron chi connectivity index (χ1n) is 12.1. The molecule has 0 aliphatic rings. The molecule has 0 saturated heterocycles. The van der Waals surface area contributed by atoms with Crippen LogP contribution in [0.4, 0.5) is 10.1 Å². The van der Waals surface area contributed by atoms with Crippen LogP contribution in [-0.2, 0) is 26.2 Å². The number of nitrogens with zero attached hydrogens (tertiary/aromatic N) is 2. The number of rotatable bonds is 11. The molecule has 0 radical (unpaired) electrons. The number of benzene rings is 3. The fraction of sp³-hybridized carbons (Fsp3) is 0.286. The van der Waals surface area contributed by atoms with Gasteiger partial charge in [-0.3, -0.25) is 13.9 Å². The molecule has 8 nitrogen and oxygen atoms in total. The second kappa shape index (κ2) is 12.6. The van der Waals surface area contributed by atoms with Gasteiger partial charge in [0.25, 0.3) is 10.0 Å². The van der Waals surface area contributed by atoms with Crippen LogP contribution in [0.25, 0.3) is 0 Å². The third-order valence-electron chi connectivity index (χ3n) is 6.07. The van der Waals surface area contributed by atoms with Crippen LogP contribution in [0.2, 0.25) is 0 Å². The van der Waals surface area contributed by atoms with Crippen LogP contribution in [0.1, 0.15) is 25.0 Å². The number of methoxy groups -OCH3 is 1. The van der Waals surface area contributed by atoms with E-state index in [9.17, 15) is 22.4 Å². The number of hydrogen-bond acceptors (Lipinski definition) is 5. The van der Waals surface area contributed by atoms with Crippen LogP contribution in [0, 0.1) is 12.7 Å². The Balaban J connectivity index is 2.03. The molecule has 1 unspecified atom stereocenters. The van der Waals surface area contributed by atoms with E-state index in [1.807, 2.05) is 6.92 Å². The van der Waals surface area contributed by atoms with Gasteiger partial charge in [-0.2, -0.15) is 0 Å². The number of halogens is 1. The van der Waals surface area contributed by atoms with Crippen molar-refractivity contribution in [2.45, 2.75) is 38.3 Å². The smallest absolute Gasteiger partial charge is 0.264 e. The van der Waals surface area contributed by atoms with Crippen molar-refractivity contribution in [3.05, 3.63) is 89.7 Å². The molecule has 0 heterocycles. The molecule has 3 aromatic carbocycles. The van der Waals surface area contributed by atoms with E-state index in [1.54, 1.807) is 37.3 Å². The lowest BCUT2D eigenvalue weighted by molar-refractivity contribution is -0.139. The molecule has 3 aromatic rings. The lowest BCUT2D eigenvalue weighted by Gasteiger charge is -2.32. The summed E-state index contributed by atoms with van der Waals surface area (Å²) in [5.74, 6) is -1.15. The zero-order valence-electron chi connectivity index (χ0n) is 21.8. The molecule has 1 atom stereocenters. The highest BCUT2D eigenvalue weighted by molar-refractivity contribution is 7.92. The first kappa shape index (κ1) is 28.6. The maximum Gasteiger partial charge on any atom is 0.264 e. The van der Waals surface area contributed by atoms with Crippen LogP contribution >= 0.6 is 0 Å². The van der Waals surface area contributed by atoms with Gasteiger partial charge in [0.2, 0.25) is 11.8 Å². The third kappa shape index (κ3) is 6.69. The minimum atomic E-state index is -4.20. The van der Waals surface area contributed by atoms with Gasteiger partial charge in [0.15, 0.2) is 0 Å². The summed E-state index contributed by atoms with van der Waals surface area (Å²) in [6.07, 6.45) is 0. The van der Waals surface area contributed by atoms with E-state index in [4.69, 9.17) is 4.74 Å². The summed E-state index contributed by atoms with van der Waals surface area (Å²) >= 11 is 0. The Kier molecular flexibility index (Phi) is 9.46. The Morgan fingerprint density at radius 1 is 1.00 bits per heavy atom. The van der Waals surface area contributed by atoms with Crippen molar-refractivity contribution >= 4 is 27.5 Å². The van der Waals surface area contributed by atoms with Gasteiger partial charge >= 0.3 is 0 Å². The summed E-state index contributed by atoms with van der Waals surface area (Å²) in [5.41, 5.74) is 1.39. The molecule has 2 amide bonds. The van der Waals surface area contributed by atoms with Gasteiger partial charge in [-0.1, -0.05) is 35.9 Å². The molecule has 1 N–H and O–H groups in total. The first-order valence-corrected chi connectivity index (χ1v) is 13.6. The van der Waals surface area contributed by atoms with Crippen LogP contribution in [0.15, 0.2) is 77.7 Å². The quantitative estimate of drug-likeness (QED) is 0.397. The maximum absolute atomic E-state index is 14.5. The Morgan fingerprint density at radius 3 is 2.21 bits per heavy atom. The fourth-order valence-corrected chi connectivity index (χ4v) is 5.24. The molecule has 0 bridgehead atoms. The van der Waals surface area contributed by atoms with E-state index in [1.165, 1.54) is 61.4 Å². The van der Waals surface area contributed by atoms with E-state index in [0.717, 1.165) is 9.87 Å². The van der Waals surface area contributed by atoms with Crippen molar-refractivity contribution < 1.29 is 27.1 Å². The molecule has 10 heteroatoms. The summed E-state index contributed by atoms with van der Waals surface area (Å²) in [6.45, 7) is 4.66. The third-order valence-corrected chi connectivity index (χ3v) is 7.85. The van der Waals surface area contributed by atoms with E-state index in [-0.39, 0.29) is 22.7 Å². The normalized spacial score (nSPS) is 11.9. The van der Waals surface area contributed by atoms with Gasteiger partial charge in [-0.25, -0.2) is 12.8 Å². The van der Waals surface area contributed by atoms with Gasteiger partial charge in [-0.15, -0.1) is 0 Å². The fourth-order valence-electron chi connectivity index (χ4n) is 3.83. The SMILES string of the molecule is CCNC(=O)C(C)N(Cc1ccccc1F)C(=O)CN(c1ccc(C)cc1)S(=O)(=O)c1ccc(OC)cc1. The van der Waals surface area contributed by atoms with Crippen LogP contribution in [0.3, 0.4) is 0 Å². The van der Waals surface area contributed by atoms with Crippen molar-refractivity contribution in [2.24, 2.45) is 0 Å². The molecular weight excluding hydrogens is 509 g/mol. The summed E-state index contributed by atoms with van der Waals surface area (Å²) in [5, 5.41) is 2.67. The number of carbonyl (C=O) groups excluding carboxylic acids is 2. The van der Waals surface area contributed by atoms with E-state index in [2.05, 4.69) is 5.32 Å². The molecule has 0 aromatic heterocycles. The molecule has 0 aliphatic carbocycles. The zero-order valence-corrected chi connectivity index (χ0v) is 22.7. The standard InChI is InChI=1S/C28H32FN3O5S/c1-5-30-28(34)21(3)31(18-22-8-6-7-9-26(22)29)27(33)19-32(23-12-10-20(2)11-13-23)38(35,36)25-16-14-24(37-4)15-17-25/h6-17,21H,5,18-19H2,1-4H3,(H,30,34). The Bertz CT molecular complexity index is 1360. The predicted molar refractivity (Wildman–Crippen MR) is 144 cm³/mol. The lowest BCUT2D eigenvalue weighted by atomic mass is 10.1. The minimum Gasteiger partial charge on any atom is -0.497 e. The number of hydrogen-bond donors (Lipinski definition) is 1. The topological polar surface area (TPSA) is 96.0 Å². The molecule has 0 saturated carbocycles. The Hall–Kier alpha value is -3.92. The second-order valence-corrected chi connectivity index (χ2v) is 10.6. The lowest BCUT2D eigenvalue weighted by Crippen LogP contribution is -2.51. The molecule has 38 heavy (non-hydrogen) atoms. The second-order valence-electron chi connectivity index (χ2n) is 8.71. The summed E-state index contributed by atoms with van der Waals surface area (Å²) in [7, 11) is -2.73. The molecule has 0 fully saturated rings. The molecule has 0 spiro atoms. The maximum atomic E-state index is 14.5. The van der Waals surface area contributed by atoms with Crippen molar-refractivity contribution in [1.29, 1.82) is 0 Å². The number of nitrogens with one attached hydrogen (secondary N) is 1. The van der Waals surface area contributed by atoms with Gasteiger partial charge in [-0.05, 0) is 63.2 Å². The van der Waals surface area contributed by atoms with Gasteiger partial charge in [0.1, 0.15) is 24.2 Å². The van der Waals surface area contributed by atoms with Crippen LogP contribution < -0.4 is 14.4 Å². The Labute approximate surface area is 223 Å². The minimum absolute atomic E-state index is 0.0379. The number of anilines is 1. The Morgan fingerprint density at radius 2 is 1.63 bits per heavy atom. The van der Waals surface area contributed by atoms with Crippen molar-refractivity contribution in [3.8, 4) is 5.75 Å². The average molecular weight is 542 g/mol. The monoisotopic (exact) mass is 541 g/mol. The van der Waals surface area contributed by atoms with Crippen LogP contribution in [-0.4, -0.2) is 51.4 Å². The number of amides is 2. The highest BCUT2D eigenvalue weighted by Gasteiger charge is 2.32. The van der Waals surface area contributed by atoms with Gasteiger partial charge in [0.05, 0.1) is 17.7 Å². The number of carbonyl (C=O) groups is 2. The first-order chi connectivity index (χ1) is 18.1. The van der Waals surface area contributed by atoms with Gasteiger partial charge in [0, 0.05) is 18.7 Å². The largest absolute Gasteiger partial charge is 0.497 e. The number of sulfonamides is 1. The summed E-state index contributed by atoms with van der Waals surface area (Å²) in [4.78, 5) is 27.6. The highest BCUT2D eigenvalue weighted by Crippen LogP contribution is 2.26. The zero-order chi connectivity index (χ0) is 27.9. The van der Waals surface area contributed by atoms with Crippen molar-refractivity contribution in [3.63, 3.8) is 0 Å². The van der Waals surface area contributed by atoms with Crippen LogP contribution in [0.5, 0.6) is 5.75 Å². The molecule has 3 rings (SSSR count). The number of ether oxygens (including phenoxy) is 1. The van der Waals surface area contributed by atoms with Crippen molar-refractivity contribution in [1.82, 2.24) is 10.2 Å². The van der Waals surface area contributed by atoms with Gasteiger partial charge < -0.3 is 15.0 Å². The van der Waals surface area contributed by atoms with E-state index in [0.29, 0.717) is 12.3 Å². The van der Waals surface area contributed by atoms with E-state index < -0.39 is 40.2 Å². The number of likely N-dealkylation sites (N-methyl/N-ethyl adjacent to an activating group) is 1. The highest BCUT2D eigenvalue weighted by atomic mass is 32.2. The molecular formula is C28H32FN3O5S. The number of aryl methyl sites for hydroxylation is 1. The predicted octanol–water partition coefficient (Wildman–Crippen LogP) is 3.89. The van der Waals surface area contributed by atoms with Crippen molar-refractivity contribution in [2.75, 3.05) is 24.5 Å². The average Bonchev–Trinajstić information content (AvgIpc) is 2.91.